The quantitative estimate of drug-likeness (QED) is 0.644. The molecule has 2 aromatic rings. The molecule has 1 saturated heterocycles. The van der Waals surface area contributed by atoms with Gasteiger partial charge < -0.3 is 5.32 Å². The average molecular weight is 483 g/mol. The van der Waals surface area contributed by atoms with Gasteiger partial charge in [-0.25, -0.2) is 17.2 Å². The van der Waals surface area contributed by atoms with Gasteiger partial charge in [0, 0.05) is 30.8 Å². The summed E-state index contributed by atoms with van der Waals surface area (Å²) in [5, 5.41) is 1.77. The van der Waals surface area contributed by atoms with Gasteiger partial charge in [0.15, 0.2) is 0 Å². The molecule has 1 aliphatic heterocycles. The van der Waals surface area contributed by atoms with Gasteiger partial charge in [-0.2, -0.15) is 17.5 Å². The lowest BCUT2D eigenvalue weighted by Crippen LogP contribution is -2.41. The number of carbonyl (C=O) groups excluding carboxylic acids is 1. The number of piperidine rings is 1. The Morgan fingerprint density at radius 2 is 1.61 bits per heavy atom. The summed E-state index contributed by atoms with van der Waals surface area (Å²) < 4.78 is 92.1. The molecule has 31 heavy (non-hydrogen) atoms. The molecule has 168 valence electrons. The second kappa shape index (κ2) is 8.71. The van der Waals surface area contributed by atoms with E-state index in [-0.39, 0.29) is 31.6 Å². The Labute approximate surface area is 179 Å². The lowest BCUT2D eigenvalue weighted by atomic mass is 9.97. The summed E-state index contributed by atoms with van der Waals surface area (Å²) in [4.78, 5) is 11.8. The fourth-order valence-electron chi connectivity index (χ4n) is 3.26. The first-order valence-corrected chi connectivity index (χ1v) is 10.8. The second-order valence-electron chi connectivity index (χ2n) is 6.97. The molecule has 2 aromatic carbocycles. The third-order valence-corrected chi connectivity index (χ3v) is 7.06. The maximum absolute atomic E-state index is 13.2. The van der Waals surface area contributed by atoms with Crippen LogP contribution in [0.25, 0.3) is 0 Å². The lowest BCUT2D eigenvalue weighted by molar-refractivity contribution is -0.137. The molecule has 0 spiro atoms. The van der Waals surface area contributed by atoms with E-state index in [1.165, 1.54) is 0 Å². The van der Waals surface area contributed by atoms with E-state index in [9.17, 15) is 35.2 Å². The molecule has 0 aliphatic carbocycles. The first kappa shape index (κ1) is 23.4. The number of alkyl halides is 3. The van der Waals surface area contributed by atoms with Crippen molar-refractivity contribution < 1.29 is 35.2 Å². The van der Waals surface area contributed by atoms with E-state index in [0.717, 1.165) is 28.6 Å². The number of hydrogen-bond donors (Lipinski definition) is 1. The summed E-state index contributed by atoms with van der Waals surface area (Å²) in [5.41, 5.74) is -1.33. The molecule has 1 aliphatic rings. The van der Waals surface area contributed by atoms with Crippen molar-refractivity contribution in [3.8, 4) is 0 Å². The predicted molar refractivity (Wildman–Crippen MR) is 103 cm³/mol. The largest absolute Gasteiger partial charge is 0.417 e. The van der Waals surface area contributed by atoms with E-state index in [2.05, 4.69) is 5.32 Å². The standard InChI is InChI=1S/C19H16ClF5N2O3S/c20-17-2-1-15(10-16(17)19(23,24)25)31(29,30)27-5-3-11(4-6-27)18(28)26-14-8-12(21)7-13(22)9-14/h1-2,7-11H,3-6H2,(H,26,28). The fourth-order valence-corrected chi connectivity index (χ4v) is 4.98. The van der Waals surface area contributed by atoms with Gasteiger partial charge in [-0.15, -0.1) is 0 Å². The zero-order chi connectivity index (χ0) is 23.0. The topological polar surface area (TPSA) is 66.5 Å². The molecule has 0 bridgehead atoms. The van der Waals surface area contributed by atoms with Crippen LogP contribution in [-0.4, -0.2) is 31.7 Å². The molecule has 0 unspecified atom stereocenters. The zero-order valence-corrected chi connectivity index (χ0v) is 17.3. The summed E-state index contributed by atoms with van der Waals surface area (Å²) in [7, 11) is -4.24. The van der Waals surface area contributed by atoms with Crippen molar-refractivity contribution in [2.45, 2.75) is 23.9 Å². The van der Waals surface area contributed by atoms with Crippen LogP contribution in [0.4, 0.5) is 27.6 Å². The number of sulfonamides is 1. The van der Waals surface area contributed by atoms with Crippen molar-refractivity contribution in [3.63, 3.8) is 0 Å². The molecule has 1 heterocycles. The number of hydrogen-bond acceptors (Lipinski definition) is 3. The van der Waals surface area contributed by atoms with Crippen LogP contribution in [-0.2, 0) is 21.0 Å². The number of anilines is 1. The molecule has 3 rings (SSSR count). The van der Waals surface area contributed by atoms with Gasteiger partial charge in [0.25, 0.3) is 0 Å². The van der Waals surface area contributed by atoms with Crippen LogP contribution in [0.5, 0.6) is 0 Å². The van der Waals surface area contributed by atoms with E-state index < -0.39 is 55.1 Å². The van der Waals surface area contributed by atoms with Crippen LogP contribution in [0, 0.1) is 17.6 Å². The third-order valence-electron chi connectivity index (χ3n) is 4.84. The van der Waals surface area contributed by atoms with E-state index >= 15 is 0 Å². The molecular formula is C19H16ClF5N2O3S. The maximum atomic E-state index is 13.2. The van der Waals surface area contributed by atoms with Crippen LogP contribution in [0.15, 0.2) is 41.3 Å². The minimum absolute atomic E-state index is 0.0709. The minimum Gasteiger partial charge on any atom is -0.326 e. The van der Waals surface area contributed by atoms with Crippen molar-refractivity contribution in [2.24, 2.45) is 5.92 Å². The number of nitrogens with one attached hydrogen (secondary N) is 1. The highest BCUT2D eigenvalue weighted by molar-refractivity contribution is 7.89. The van der Waals surface area contributed by atoms with Crippen molar-refractivity contribution in [3.05, 3.63) is 58.6 Å². The van der Waals surface area contributed by atoms with Crippen molar-refractivity contribution >= 4 is 33.2 Å². The van der Waals surface area contributed by atoms with Crippen molar-refractivity contribution in [2.75, 3.05) is 18.4 Å². The number of carbonyl (C=O) groups is 1. The minimum atomic E-state index is -4.82. The van der Waals surface area contributed by atoms with E-state index in [1.54, 1.807) is 0 Å². The summed E-state index contributed by atoms with van der Waals surface area (Å²) in [6.45, 7) is -0.218. The Kier molecular flexibility index (Phi) is 6.59. The number of halogens is 6. The highest BCUT2D eigenvalue weighted by Gasteiger charge is 2.37. The lowest BCUT2D eigenvalue weighted by Gasteiger charge is -2.30. The average Bonchev–Trinajstić information content (AvgIpc) is 2.66. The molecule has 0 radical (unpaired) electrons. The Morgan fingerprint density at radius 1 is 1.03 bits per heavy atom. The van der Waals surface area contributed by atoms with Gasteiger partial charge in [0.1, 0.15) is 11.6 Å². The third kappa shape index (κ3) is 5.34. The first-order chi connectivity index (χ1) is 14.4. The van der Waals surface area contributed by atoms with Crippen LogP contribution in [0.1, 0.15) is 18.4 Å². The van der Waals surface area contributed by atoms with E-state index in [4.69, 9.17) is 11.6 Å². The maximum Gasteiger partial charge on any atom is 0.417 e. The summed E-state index contributed by atoms with van der Waals surface area (Å²) in [6.07, 6.45) is -4.64. The summed E-state index contributed by atoms with van der Waals surface area (Å²) >= 11 is 5.54. The van der Waals surface area contributed by atoms with Gasteiger partial charge in [-0.05, 0) is 43.2 Å². The van der Waals surface area contributed by atoms with Crippen LogP contribution in [0.2, 0.25) is 5.02 Å². The van der Waals surface area contributed by atoms with Gasteiger partial charge >= 0.3 is 6.18 Å². The van der Waals surface area contributed by atoms with E-state index in [1.807, 2.05) is 0 Å². The second-order valence-corrected chi connectivity index (χ2v) is 9.31. The van der Waals surface area contributed by atoms with Crippen LogP contribution in [0.3, 0.4) is 0 Å². The molecule has 0 aromatic heterocycles. The number of nitrogens with zero attached hydrogens (tertiary/aromatic N) is 1. The predicted octanol–water partition coefficient (Wildman–Crippen LogP) is 4.68. The Hall–Kier alpha value is -2.24. The number of benzene rings is 2. The highest BCUT2D eigenvalue weighted by atomic mass is 35.5. The summed E-state index contributed by atoms with van der Waals surface area (Å²) in [6, 6.07) is 4.88. The van der Waals surface area contributed by atoms with Gasteiger partial charge in [0.2, 0.25) is 15.9 Å². The monoisotopic (exact) mass is 482 g/mol. The molecule has 0 saturated carbocycles. The first-order valence-electron chi connectivity index (χ1n) is 9.02. The van der Waals surface area contributed by atoms with Crippen LogP contribution < -0.4 is 5.32 Å². The molecule has 1 fully saturated rings. The number of amides is 1. The number of rotatable bonds is 4. The highest BCUT2D eigenvalue weighted by Crippen LogP contribution is 2.37. The van der Waals surface area contributed by atoms with Crippen LogP contribution >= 0.6 is 11.6 Å². The Morgan fingerprint density at radius 3 is 2.16 bits per heavy atom. The van der Waals surface area contributed by atoms with Gasteiger partial charge in [0.05, 0.1) is 15.5 Å². The molecule has 1 N–H and O–H groups in total. The van der Waals surface area contributed by atoms with Crippen molar-refractivity contribution in [1.29, 1.82) is 0 Å². The Bertz CT molecular complexity index is 1080. The van der Waals surface area contributed by atoms with Gasteiger partial charge in [-0.1, -0.05) is 11.6 Å². The summed E-state index contributed by atoms with van der Waals surface area (Å²) in [5.74, 6) is -2.89. The molecule has 0 atom stereocenters. The zero-order valence-electron chi connectivity index (χ0n) is 15.7. The molecule has 1 amide bonds. The normalized spacial score (nSPS) is 16.3. The van der Waals surface area contributed by atoms with E-state index in [0.29, 0.717) is 12.1 Å². The Balaban J connectivity index is 1.69. The van der Waals surface area contributed by atoms with Gasteiger partial charge in [-0.3, -0.25) is 4.79 Å². The smallest absolute Gasteiger partial charge is 0.326 e. The van der Waals surface area contributed by atoms with Crippen molar-refractivity contribution in [1.82, 2.24) is 4.31 Å². The SMILES string of the molecule is O=C(Nc1cc(F)cc(F)c1)C1CCN(S(=O)(=O)c2ccc(Cl)c(C(F)(F)F)c2)CC1. The fraction of sp³-hybridized carbons (Fsp3) is 0.316. The molecule has 5 nitrogen and oxygen atoms in total. The molecular weight excluding hydrogens is 467 g/mol. The molecule has 12 heteroatoms.